The Morgan fingerprint density at radius 3 is 2.71 bits per heavy atom. The standard InChI is InChI=1S/C20H31NO3/c1-3-5-7-16(4-2)15-21-20(22)9-6-8-17-10-11-18-19(14-17)24-13-12-23-18/h10-11,14,16H,3-9,12-13,15H2,1-2H3,(H,21,22). The van der Waals surface area contributed by atoms with Crippen LogP contribution < -0.4 is 14.8 Å². The largest absolute Gasteiger partial charge is 0.486 e. The molecule has 134 valence electrons. The van der Waals surface area contributed by atoms with E-state index >= 15 is 0 Å². The van der Waals surface area contributed by atoms with Crippen molar-refractivity contribution < 1.29 is 14.3 Å². The highest BCUT2D eigenvalue weighted by molar-refractivity contribution is 5.75. The van der Waals surface area contributed by atoms with Gasteiger partial charge in [0.15, 0.2) is 11.5 Å². The van der Waals surface area contributed by atoms with Gasteiger partial charge in [0.05, 0.1) is 0 Å². The van der Waals surface area contributed by atoms with Crippen LogP contribution in [0.4, 0.5) is 0 Å². The maximum Gasteiger partial charge on any atom is 0.220 e. The number of hydrogen-bond donors (Lipinski definition) is 1. The molecule has 1 aliphatic heterocycles. The van der Waals surface area contributed by atoms with E-state index in [1.54, 1.807) is 0 Å². The van der Waals surface area contributed by atoms with Gasteiger partial charge in [-0.05, 0) is 42.9 Å². The summed E-state index contributed by atoms with van der Waals surface area (Å²) in [7, 11) is 0. The third-order valence-corrected chi connectivity index (χ3v) is 4.61. The second-order valence-electron chi connectivity index (χ2n) is 6.55. The van der Waals surface area contributed by atoms with Crippen molar-refractivity contribution in [2.24, 2.45) is 5.92 Å². The lowest BCUT2D eigenvalue weighted by Gasteiger charge is -2.18. The van der Waals surface area contributed by atoms with Gasteiger partial charge >= 0.3 is 0 Å². The van der Waals surface area contributed by atoms with E-state index in [0.29, 0.717) is 25.6 Å². The van der Waals surface area contributed by atoms with E-state index in [2.05, 4.69) is 25.2 Å². The lowest BCUT2D eigenvalue weighted by Crippen LogP contribution is -2.29. The minimum Gasteiger partial charge on any atom is -0.486 e. The van der Waals surface area contributed by atoms with Gasteiger partial charge in [-0.3, -0.25) is 4.79 Å². The smallest absolute Gasteiger partial charge is 0.220 e. The van der Waals surface area contributed by atoms with Gasteiger partial charge in [0, 0.05) is 13.0 Å². The van der Waals surface area contributed by atoms with Gasteiger partial charge in [-0.15, -0.1) is 0 Å². The Balaban J connectivity index is 1.67. The fraction of sp³-hybridized carbons (Fsp3) is 0.650. The number of amides is 1. The first-order valence-corrected chi connectivity index (χ1v) is 9.38. The number of fused-ring (bicyclic) bond motifs is 1. The predicted molar refractivity (Wildman–Crippen MR) is 96.7 cm³/mol. The normalized spacial score (nSPS) is 14.2. The first-order chi connectivity index (χ1) is 11.7. The number of carbonyl (C=O) groups excluding carboxylic acids is 1. The first kappa shape index (κ1) is 18.6. The average molecular weight is 333 g/mol. The van der Waals surface area contributed by atoms with E-state index in [4.69, 9.17) is 9.47 Å². The van der Waals surface area contributed by atoms with Crippen LogP contribution in [0.25, 0.3) is 0 Å². The molecule has 1 atom stereocenters. The van der Waals surface area contributed by atoms with Gasteiger partial charge in [0.1, 0.15) is 13.2 Å². The average Bonchev–Trinajstić information content (AvgIpc) is 2.62. The predicted octanol–water partition coefficient (Wildman–Crippen LogP) is 4.11. The van der Waals surface area contributed by atoms with Crippen molar-refractivity contribution in [3.8, 4) is 11.5 Å². The van der Waals surface area contributed by atoms with E-state index in [1.807, 2.05) is 12.1 Å². The Bertz CT molecular complexity index is 516. The van der Waals surface area contributed by atoms with Crippen molar-refractivity contribution in [2.45, 2.75) is 58.8 Å². The van der Waals surface area contributed by atoms with Crippen molar-refractivity contribution in [3.63, 3.8) is 0 Å². The Hall–Kier alpha value is -1.71. The van der Waals surface area contributed by atoms with Crippen LogP contribution in [0.3, 0.4) is 0 Å². The Kier molecular flexibility index (Phi) is 7.93. The zero-order valence-corrected chi connectivity index (χ0v) is 15.1. The van der Waals surface area contributed by atoms with Crippen LogP contribution in [0.5, 0.6) is 11.5 Å². The molecule has 1 N–H and O–H groups in total. The molecule has 0 saturated carbocycles. The molecule has 1 aromatic carbocycles. The zero-order chi connectivity index (χ0) is 17.2. The second kappa shape index (κ2) is 10.2. The molecule has 0 radical (unpaired) electrons. The van der Waals surface area contributed by atoms with E-state index in [-0.39, 0.29) is 5.91 Å². The number of nitrogens with one attached hydrogen (secondary N) is 1. The van der Waals surface area contributed by atoms with Crippen molar-refractivity contribution in [1.29, 1.82) is 0 Å². The topological polar surface area (TPSA) is 47.6 Å². The lowest BCUT2D eigenvalue weighted by atomic mass is 9.99. The number of unbranched alkanes of at least 4 members (excludes halogenated alkanes) is 1. The van der Waals surface area contributed by atoms with Gasteiger partial charge in [0.25, 0.3) is 0 Å². The third kappa shape index (κ3) is 6.06. The molecule has 0 bridgehead atoms. The summed E-state index contributed by atoms with van der Waals surface area (Å²) in [4.78, 5) is 12.0. The van der Waals surface area contributed by atoms with E-state index in [9.17, 15) is 4.79 Å². The number of hydrogen-bond acceptors (Lipinski definition) is 3. The van der Waals surface area contributed by atoms with Crippen molar-refractivity contribution in [1.82, 2.24) is 5.32 Å². The molecular formula is C20H31NO3. The van der Waals surface area contributed by atoms with Crippen molar-refractivity contribution >= 4 is 5.91 Å². The minimum absolute atomic E-state index is 0.169. The highest BCUT2D eigenvalue weighted by Crippen LogP contribution is 2.31. The summed E-state index contributed by atoms with van der Waals surface area (Å²) in [6.45, 7) is 6.45. The van der Waals surface area contributed by atoms with Gasteiger partial charge in [-0.2, -0.15) is 0 Å². The maximum absolute atomic E-state index is 12.0. The molecule has 1 amide bonds. The molecule has 0 saturated heterocycles. The number of ether oxygens (including phenoxy) is 2. The SMILES string of the molecule is CCCCC(CC)CNC(=O)CCCc1ccc2c(c1)OCCO2. The van der Waals surface area contributed by atoms with Crippen molar-refractivity contribution in [3.05, 3.63) is 23.8 Å². The molecule has 4 heteroatoms. The lowest BCUT2D eigenvalue weighted by molar-refractivity contribution is -0.121. The Morgan fingerprint density at radius 1 is 1.17 bits per heavy atom. The van der Waals surface area contributed by atoms with Crippen LogP contribution in [0.2, 0.25) is 0 Å². The third-order valence-electron chi connectivity index (χ3n) is 4.61. The van der Waals surface area contributed by atoms with Crippen LogP contribution in [0.15, 0.2) is 18.2 Å². The molecule has 0 aromatic heterocycles. The molecule has 1 aliphatic rings. The highest BCUT2D eigenvalue weighted by atomic mass is 16.6. The summed E-state index contributed by atoms with van der Waals surface area (Å²) in [5.74, 6) is 2.43. The summed E-state index contributed by atoms with van der Waals surface area (Å²) < 4.78 is 11.1. The molecule has 0 aliphatic carbocycles. The summed E-state index contributed by atoms with van der Waals surface area (Å²) >= 11 is 0. The van der Waals surface area contributed by atoms with Gasteiger partial charge in [-0.25, -0.2) is 0 Å². The molecule has 4 nitrogen and oxygen atoms in total. The Morgan fingerprint density at radius 2 is 1.96 bits per heavy atom. The van der Waals surface area contributed by atoms with Gasteiger partial charge in [0.2, 0.25) is 5.91 Å². The molecule has 24 heavy (non-hydrogen) atoms. The number of benzene rings is 1. The number of rotatable bonds is 10. The molecule has 1 aromatic rings. The fourth-order valence-electron chi connectivity index (χ4n) is 2.99. The van der Waals surface area contributed by atoms with E-state index in [1.165, 1.54) is 24.8 Å². The highest BCUT2D eigenvalue weighted by Gasteiger charge is 2.12. The van der Waals surface area contributed by atoms with E-state index < -0.39 is 0 Å². The summed E-state index contributed by atoms with van der Waals surface area (Å²) in [5.41, 5.74) is 1.20. The fourth-order valence-corrected chi connectivity index (χ4v) is 2.99. The van der Waals surface area contributed by atoms with Gasteiger partial charge < -0.3 is 14.8 Å². The molecule has 1 heterocycles. The summed E-state index contributed by atoms with van der Waals surface area (Å²) in [6.07, 6.45) is 7.15. The van der Waals surface area contributed by atoms with E-state index in [0.717, 1.165) is 37.3 Å². The number of aryl methyl sites for hydroxylation is 1. The van der Waals surface area contributed by atoms with Crippen LogP contribution in [0, 0.1) is 5.92 Å². The zero-order valence-electron chi connectivity index (χ0n) is 15.1. The molecule has 0 fully saturated rings. The molecule has 2 rings (SSSR count). The molecule has 0 spiro atoms. The van der Waals surface area contributed by atoms with Crippen LogP contribution in [-0.2, 0) is 11.2 Å². The Labute approximate surface area is 145 Å². The second-order valence-corrected chi connectivity index (χ2v) is 6.55. The molecule has 1 unspecified atom stereocenters. The van der Waals surface area contributed by atoms with Crippen LogP contribution >= 0.6 is 0 Å². The van der Waals surface area contributed by atoms with Crippen LogP contribution in [0.1, 0.15) is 57.9 Å². The van der Waals surface area contributed by atoms with Crippen molar-refractivity contribution in [2.75, 3.05) is 19.8 Å². The van der Waals surface area contributed by atoms with Gasteiger partial charge in [-0.1, -0.05) is 39.2 Å². The number of carbonyl (C=O) groups is 1. The maximum atomic E-state index is 12.0. The summed E-state index contributed by atoms with van der Waals surface area (Å²) in [6, 6.07) is 6.05. The first-order valence-electron chi connectivity index (χ1n) is 9.38. The minimum atomic E-state index is 0.169. The van der Waals surface area contributed by atoms with Crippen LogP contribution in [-0.4, -0.2) is 25.7 Å². The quantitative estimate of drug-likeness (QED) is 0.701. The monoisotopic (exact) mass is 333 g/mol. The summed E-state index contributed by atoms with van der Waals surface area (Å²) in [5, 5.41) is 3.10. The molecular weight excluding hydrogens is 302 g/mol.